The summed E-state index contributed by atoms with van der Waals surface area (Å²) in [4.78, 5) is 30.6. The van der Waals surface area contributed by atoms with Crippen molar-refractivity contribution in [1.29, 1.82) is 0 Å². The SMILES string of the molecule is CC1CCC(Cn2c(C(O)c3ccccc3F)nc3cc(C4NOC(=O)N4)nc(-c4cncc(Cl)c4)c32)CC1. The minimum Gasteiger partial charge on any atom is -0.380 e. The molecule has 6 rings (SSSR count). The molecule has 1 amide bonds. The highest BCUT2D eigenvalue weighted by molar-refractivity contribution is 6.30. The van der Waals surface area contributed by atoms with E-state index in [9.17, 15) is 14.3 Å². The van der Waals surface area contributed by atoms with Gasteiger partial charge in [0, 0.05) is 30.1 Å². The summed E-state index contributed by atoms with van der Waals surface area (Å²) in [6.45, 7) is 2.86. The van der Waals surface area contributed by atoms with Crippen LogP contribution in [0, 0.1) is 17.7 Å². The molecule has 1 aliphatic carbocycles. The zero-order valence-electron chi connectivity index (χ0n) is 21.3. The van der Waals surface area contributed by atoms with Gasteiger partial charge in [-0.2, -0.15) is 0 Å². The Morgan fingerprint density at radius 1 is 1.18 bits per heavy atom. The van der Waals surface area contributed by atoms with E-state index in [4.69, 9.17) is 26.4 Å². The molecule has 2 unspecified atom stereocenters. The molecule has 0 spiro atoms. The summed E-state index contributed by atoms with van der Waals surface area (Å²) in [6, 6.07) is 9.65. The number of nitrogens with one attached hydrogen (secondary N) is 2. The van der Waals surface area contributed by atoms with Crippen molar-refractivity contribution in [3.05, 3.63) is 76.7 Å². The Hall–Kier alpha value is -3.60. The summed E-state index contributed by atoms with van der Waals surface area (Å²) in [6.07, 6.45) is 4.90. The van der Waals surface area contributed by atoms with E-state index in [0.717, 1.165) is 25.7 Å². The molecule has 0 radical (unpaired) electrons. The molecule has 202 valence electrons. The fraction of sp³-hybridized carbons (Fsp3) is 0.357. The monoisotopic (exact) mass is 550 g/mol. The number of halogens is 2. The van der Waals surface area contributed by atoms with Gasteiger partial charge in [-0.1, -0.05) is 49.6 Å². The maximum Gasteiger partial charge on any atom is 0.427 e. The van der Waals surface area contributed by atoms with Gasteiger partial charge >= 0.3 is 6.09 Å². The number of hydrogen-bond acceptors (Lipinski definition) is 7. The van der Waals surface area contributed by atoms with Gasteiger partial charge in [-0.25, -0.2) is 19.2 Å². The lowest BCUT2D eigenvalue weighted by Gasteiger charge is -2.28. The normalized spacial score (nSPS) is 22.1. The first kappa shape index (κ1) is 25.7. The molecule has 3 N–H and O–H groups in total. The first-order valence-electron chi connectivity index (χ1n) is 13.0. The molecule has 4 aromatic rings. The Labute approximate surface area is 229 Å². The highest BCUT2D eigenvalue weighted by Crippen LogP contribution is 2.37. The molecule has 1 aliphatic heterocycles. The van der Waals surface area contributed by atoms with Gasteiger partial charge in [-0.05, 0) is 42.9 Å². The average molecular weight is 551 g/mol. The van der Waals surface area contributed by atoms with E-state index in [-0.39, 0.29) is 5.56 Å². The summed E-state index contributed by atoms with van der Waals surface area (Å²) in [5.74, 6) is 0.851. The van der Waals surface area contributed by atoms with Gasteiger partial charge in [-0.15, -0.1) is 5.48 Å². The number of aliphatic hydroxyl groups excluding tert-OH is 1. The van der Waals surface area contributed by atoms with E-state index >= 15 is 0 Å². The number of carbonyl (C=O) groups is 1. The van der Waals surface area contributed by atoms with Crippen LogP contribution in [0.25, 0.3) is 22.3 Å². The number of hydroxylamine groups is 1. The predicted molar refractivity (Wildman–Crippen MR) is 143 cm³/mol. The Morgan fingerprint density at radius 2 is 1.97 bits per heavy atom. The Morgan fingerprint density at radius 3 is 2.69 bits per heavy atom. The molecule has 9 nitrogen and oxygen atoms in total. The summed E-state index contributed by atoms with van der Waals surface area (Å²) in [5, 5.41) is 14.6. The number of benzene rings is 1. The number of aromatic nitrogens is 4. The van der Waals surface area contributed by atoms with Crippen molar-refractivity contribution in [3.63, 3.8) is 0 Å². The number of aliphatic hydroxyl groups is 1. The van der Waals surface area contributed by atoms with Crippen LogP contribution in [0.15, 0.2) is 48.8 Å². The standard InChI is InChI=1S/C28H28ClFN6O3/c1-15-6-8-16(9-7-15)14-36-24-21(33-27(36)25(37)19-4-2-3-5-20(19)30)11-22(26-34-28(38)39-35-26)32-23(24)17-10-18(29)13-31-12-17/h2-5,10-13,15-16,25-26,35,37H,6-9,14H2,1H3,(H,34,38). The summed E-state index contributed by atoms with van der Waals surface area (Å²) in [7, 11) is 0. The zero-order valence-corrected chi connectivity index (χ0v) is 22.0. The van der Waals surface area contributed by atoms with Crippen LogP contribution in [0.3, 0.4) is 0 Å². The zero-order chi connectivity index (χ0) is 27.1. The number of imidazole rings is 1. The van der Waals surface area contributed by atoms with Crippen LogP contribution in [0.2, 0.25) is 5.02 Å². The van der Waals surface area contributed by atoms with Crippen LogP contribution >= 0.6 is 11.6 Å². The lowest BCUT2D eigenvalue weighted by molar-refractivity contribution is 0.121. The van der Waals surface area contributed by atoms with Crippen LogP contribution in [0.4, 0.5) is 9.18 Å². The molecule has 1 saturated heterocycles. The summed E-state index contributed by atoms with van der Waals surface area (Å²) < 4.78 is 16.8. The second-order valence-electron chi connectivity index (χ2n) is 10.4. The quantitative estimate of drug-likeness (QED) is 0.293. The number of amides is 1. The molecule has 2 atom stereocenters. The minimum atomic E-state index is -1.30. The van der Waals surface area contributed by atoms with Gasteiger partial charge in [0.05, 0.1) is 27.4 Å². The second kappa shape index (κ2) is 10.5. The molecule has 0 bridgehead atoms. The van der Waals surface area contributed by atoms with Gasteiger partial charge in [0.1, 0.15) is 17.7 Å². The number of nitrogens with zero attached hydrogens (tertiary/aromatic N) is 4. The molecule has 2 aliphatic rings. The van der Waals surface area contributed by atoms with Crippen molar-refractivity contribution in [2.75, 3.05) is 0 Å². The van der Waals surface area contributed by atoms with Crippen molar-refractivity contribution < 1.29 is 19.1 Å². The highest BCUT2D eigenvalue weighted by atomic mass is 35.5. The molecule has 1 saturated carbocycles. The number of rotatable bonds is 6. The van der Waals surface area contributed by atoms with Crippen molar-refractivity contribution in [1.82, 2.24) is 30.3 Å². The van der Waals surface area contributed by atoms with Crippen molar-refractivity contribution in [3.8, 4) is 11.3 Å². The fourth-order valence-corrected chi connectivity index (χ4v) is 5.68. The van der Waals surface area contributed by atoms with Crippen LogP contribution in [-0.2, 0) is 11.4 Å². The number of carbonyl (C=O) groups excluding carboxylic acids is 1. The molecular formula is C28H28ClFN6O3. The average Bonchev–Trinajstić information content (AvgIpc) is 3.53. The van der Waals surface area contributed by atoms with E-state index in [1.165, 1.54) is 12.3 Å². The van der Waals surface area contributed by atoms with Crippen LogP contribution < -0.4 is 10.8 Å². The summed E-state index contributed by atoms with van der Waals surface area (Å²) in [5.41, 5.74) is 5.61. The Bertz CT molecular complexity index is 1540. The minimum absolute atomic E-state index is 0.142. The third kappa shape index (κ3) is 5.07. The van der Waals surface area contributed by atoms with E-state index in [1.54, 1.807) is 36.5 Å². The second-order valence-corrected chi connectivity index (χ2v) is 10.8. The van der Waals surface area contributed by atoms with Crippen molar-refractivity contribution >= 4 is 28.7 Å². The molecular weight excluding hydrogens is 523 g/mol. The molecule has 3 aromatic heterocycles. The number of hydrogen-bond donors (Lipinski definition) is 3. The van der Waals surface area contributed by atoms with Crippen LogP contribution in [0.1, 0.15) is 62.0 Å². The van der Waals surface area contributed by atoms with Crippen molar-refractivity contribution in [2.24, 2.45) is 11.8 Å². The lowest BCUT2D eigenvalue weighted by Crippen LogP contribution is -2.23. The largest absolute Gasteiger partial charge is 0.427 e. The first-order valence-corrected chi connectivity index (χ1v) is 13.4. The van der Waals surface area contributed by atoms with Gasteiger partial charge in [0.2, 0.25) is 0 Å². The highest BCUT2D eigenvalue weighted by Gasteiger charge is 2.31. The first-order chi connectivity index (χ1) is 18.9. The van der Waals surface area contributed by atoms with E-state index in [1.807, 2.05) is 4.57 Å². The Balaban J connectivity index is 1.57. The predicted octanol–water partition coefficient (Wildman–Crippen LogP) is 5.44. The van der Waals surface area contributed by atoms with Gasteiger partial charge in [-0.3, -0.25) is 10.3 Å². The van der Waals surface area contributed by atoms with Crippen LogP contribution in [-0.4, -0.2) is 30.7 Å². The van der Waals surface area contributed by atoms with Gasteiger partial charge < -0.3 is 14.5 Å². The maximum absolute atomic E-state index is 14.8. The maximum atomic E-state index is 14.8. The van der Waals surface area contributed by atoms with E-state index in [2.05, 4.69) is 22.7 Å². The molecule has 11 heteroatoms. The van der Waals surface area contributed by atoms with Crippen molar-refractivity contribution in [2.45, 2.75) is 51.4 Å². The smallest absolute Gasteiger partial charge is 0.380 e. The molecule has 2 fully saturated rings. The number of pyridine rings is 2. The topological polar surface area (TPSA) is 114 Å². The molecule has 4 heterocycles. The lowest BCUT2D eigenvalue weighted by atomic mass is 9.83. The van der Waals surface area contributed by atoms with E-state index < -0.39 is 24.2 Å². The number of fused-ring (bicyclic) bond motifs is 1. The Kier molecular flexibility index (Phi) is 6.92. The fourth-order valence-electron chi connectivity index (χ4n) is 5.51. The van der Waals surface area contributed by atoms with Gasteiger partial charge in [0.25, 0.3) is 0 Å². The molecule has 1 aromatic carbocycles. The summed E-state index contributed by atoms with van der Waals surface area (Å²) >= 11 is 6.31. The third-order valence-electron chi connectivity index (χ3n) is 7.60. The molecule has 39 heavy (non-hydrogen) atoms. The van der Waals surface area contributed by atoms with Gasteiger partial charge in [0.15, 0.2) is 6.17 Å². The van der Waals surface area contributed by atoms with E-state index in [0.29, 0.717) is 57.2 Å². The third-order valence-corrected chi connectivity index (χ3v) is 7.81. The van der Waals surface area contributed by atoms with Crippen LogP contribution in [0.5, 0.6) is 0 Å².